The van der Waals surface area contributed by atoms with E-state index in [9.17, 15) is 32.3 Å². The summed E-state index contributed by atoms with van der Waals surface area (Å²) in [4.78, 5) is 55.0. The first-order valence-electron chi connectivity index (χ1n) is 15.6. The molecule has 268 valence electrons. The molecule has 2 aromatic rings. The van der Waals surface area contributed by atoms with E-state index in [1.165, 1.54) is 17.0 Å². The Labute approximate surface area is 285 Å². The maximum Gasteiger partial charge on any atom is 0.408 e. The van der Waals surface area contributed by atoms with Crippen molar-refractivity contribution in [2.45, 2.75) is 58.0 Å². The lowest BCUT2D eigenvalue weighted by molar-refractivity contribution is -0.138. The molecule has 4 amide bonds. The van der Waals surface area contributed by atoms with Crippen LogP contribution in [0.3, 0.4) is 0 Å². The number of piperazine rings is 1. The summed E-state index contributed by atoms with van der Waals surface area (Å²) in [5.74, 6) is -4.88. The summed E-state index contributed by atoms with van der Waals surface area (Å²) in [6, 6.07) is 5.91. The fourth-order valence-corrected chi connectivity index (χ4v) is 5.53. The van der Waals surface area contributed by atoms with Gasteiger partial charge in [0.25, 0.3) is 5.91 Å². The first-order chi connectivity index (χ1) is 22.9. The predicted molar refractivity (Wildman–Crippen MR) is 171 cm³/mol. The van der Waals surface area contributed by atoms with Crippen molar-refractivity contribution >= 4 is 46.8 Å². The molecule has 0 radical (unpaired) electrons. The zero-order valence-electron chi connectivity index (χ0n) is 27.2. The molecule has 0 spiro atoms. The first-order valence-corrected chi connectivity index (χ1v) is 15.9. The molecule has 0 saturated carbocycles. The van der Waals surface area contributed by atoms with Crippen LogP contribution in [0, 0.1) is 11.6 Å². The van der Waals surface area contributed by atoms with Gasteiger partial charge in [0.2, 0.25) is 11.8 Å². The van der Waals surface area contributed by atoms with Gasteiger partial charge in [-0.25, -0.2) is 13.6 Å². The van der Waals surface area contributed by atoms with E-state index in [-0.39, 0.29) is 37.3 Å². The number of carbonyl (C=O) groups is 4. The van der Waals surface area contributed by atoms with Gasteiger partial charge < -0.3 is 30.5 Å². The van der Waals surface area contributed by atoms with Crippen LogP contribution in [0.25, 0.3) is 0 Å². The quantitative estimate of drug-likeness (QED) is 0.305. The predicted octanol–water partition coefficient (Wildman–Crippen LogP) is 4.69. The first kappa shape index (κ1) is 37.6. The Morgan fingerprint density at radius 3 is 2.33 bits per heavy atom. The van der Waals surface area contributed by atoms with Gasteiger partial charge in [0, 0.05) is 56.4 Å². The van der Waals surface area contributed by atoms with Gasteiger partial charge in [-0.2, -0.15) is 13.2 Å². The lowest BCUT2D eigenvalue weighted by Crippen LogP contribution is -2.47. The second kappa shape index (κ2) is 15.6. The summed E-state index contributed by atoms with van der Waals surface area (Å²) in [6.45, 7) is 5.66. The third kappa shape index (κ3) is 10.7. The van der Waals surface area contributed by atoms with E-state index >= 15 is 8.78 Å². The fourth-order valence-electron chi connectivity index (χ4n) is 5.36. The van der Waals surface area contributed by atoms with E-state index in [2.05, 4.69) is 16.0 Å². The number of benzene rings is 2. The van der Waals surface area contributed by atoms with Gasteiger partial charge in [-0.05, 0) is 51.5 Å². The highest BCUT2D eigenvalue weighted by molar-refractivity contribution is 6.31. The molecule has 1 atom stereocenters. The molecule has 2 saturated heterocycles. The van der Waals surface area contributed by atoms with E-state index in [1.54, 1.807) is 31.7 Å². The minimum absolute atomic E-state index is 0.130. The van der Waals surface area contributed by atoms with Crippen molar-refractivity contribution in [2.75, 3.05) is 56.0 Å². The molecule has 11 nitrogen and oxygen atoms in total. The Kier molecular flexibility index (Phi) is 12.0. The molecule has 0 aliphatic carbocycles. The SMILES string of the molecule is CC(C)(C)OC(=O)N[C@H]1CCN(CC(=O)NCc2ccc(C(=O)Nc3ccc(Cl)cc3N3CCN(CCC(F)(F)F)CC3)c(F)c2F)C1=O. The topological polar surface area (TPSA) is 123 Å². The van der Waals surface area contributed by atoms with E-state index in [0.29, 0.717) is 36.9 Å². The van der Waals surface area contributed by atoms with Crippen molar-refractivity contribution < 1.29 is 45.9 Å². The summed E-state index contributed by atoms with van der Waals surface area (Å²) in [7, 11) is 0. The standard InChI is InChI=1S/C32H38ClF5N6O5/c1-31(2,3)49-30(48)41-23-8-10-44(29(23)47)18-25(45)39-17-19-4-6-21(27(35)26(19)34)28(46)40-22-7-5-20(33)16-24(22)43-14-12-42(13-15-43)11-9-32(36,37)38/h4-7,16,23H,8-15,17-18H2,1-3H3,(H,39,45)(H,40,46)(H,41,48)/t23-/m0/s1. The van der Waals surface area contributed by atoms with Gasteiger partial charge in [0.1, 0.15) is 11.6 Å². The van der Waals surface area contributed by atoms with Crippen LogP contribution >= 0.6 is 11.6 Å². The minimum atomic E-state index is -4.26. The summed E-state index contributed by atoms with van der Waals surface area (Å²) in [5, 5.41) is 7.80. The highest BCUT2D eigenvalue weighted by Gasteiger charge is 2.35. The van der Waals surface area contributed by atoms with Gasteiger partial charge in [0.05, 0.1) is 29.9 Å². The van der Waals surface area contributed by atoms with Gasteiger partial charge in [0.15, 0.2) is 11.6 Å². The zero-order valence-corrected chi connectivity index (χ0v) is 27.9. The van der Waals surface area contributed by atoms with Gasteiger partial charge in [-0.1, -0.05) is 17.7 Å². The Bertz CT molecular complexity index is 1560. The minimum Gasteiger partial charge on any atom is -0.444 e. The van der Waals surface area contributed by atoms with Crippen LogP contribution in [-0.4, -0.2) is 97.2 Å². The van der Waals surface area contributed by atoms with Crippen LogP contribution < -0.4 is 20.9 Å². The van der Waals surface area contributed by atoms with Crippen molar-refractivity contribution in [1.29, 1.82) is 0 Å². The Hall–Kier alpha value is -4.18. The van der Waals surface area contributed by atoms with Crippen molar-refractivity contribution in [3.8, 4) is 0 Å². The molecule has 3 N–H and O–H groups in total. The Morgan fingerprint density at radius 1 is 0.980 bits per heavy atom. The fraction of sp³-hybridized carbons (Fsp3) is 0.500. The average Bonchev–Trinajstić information content (AvgIpc) is 3.34. The van der Waals surface area contributed by atoms with Crippen LogP contribution in [0.15, 0.2) is 30.3 Å². The van der Waals surface area contributed by atoms with Crippen LogP contribution in [0.1, 0.15) is 49.5 Å². The smallest absolute Gasteiger partial charge is 0.408 e. The maximum atomic E-state index is 15.1. The van der Waals surface area contributed by atoms with E-state index in [4.69, 9.17) is 16.3 Å². The monoisotopic (exact) mass is 716 g/mol. The van der Waals surface area contributed by atoms with Gasteiger partial charge >= 0.3 is 12.3 Å². The molecular weight excluding hydrogens is 679 g/mol. The number of alkyl carbamates (subject to hydrolysis) is 1. The molecule has 2 heterocycles. The molecule has 0 bridgehead atoms. The molecule has 0 aromatic heterocycles. The van der Waals surface area contributed by atoms with Crippen molar-refractivity contribution in [3.05, 3.63) is 58.1 Å². The maximum absolute atomic E-state index is 15.1. The number of ether oxygens (including phenoxy) is 1. The molecule has 2 fully saturated rings. The third-order valence-electron chi connectivity index (χ3n) is 7.84. The van der Waals surface area contributed by atoms with Crippen molar-refractivity contribution in [2.24, 2.45) is 0 Å². The van der Waals surface area contributed by atoms with Gasteiger partial charge in [-0.3, -0.25) is 19.3 Å². The van der Waals surface area contributed by atoms with Crippen LogP contribution in [-0.2, 0) is 20.9 Å². The number of rotatable bonds is 10. The number of amides is 4. The lowest BCUT2D eigenvalue weighted by Gasteiger charge is -2.37. The largest absolute Gasteiger partial charge is 0.444 e. The number of anilines is 2. The molecule has 2 aliphatic heterocycles. The molecule has 17 heteroatoms. The lowest BCUT2D eigenvalue weighted by atomic mass is 10.1. The number of carbonyl (C=O) groups excluding carboxylic acids is 4. The molecule has 49 heavy (non-hydrogen) atoms. The molecule has 2 aromatic carbocycles. The average molecular weight is 717 g/mol. The summed E-state index contributed by atoms with van der Waals surface area (Å²) < 4.78 is 73.2. The van der Waals surface area contributed by atoms with E-state index in [0.717, 1.165) is 12.1 Å². The highest BCUT2D eigenvalue weighted by atomic mass is 35.5. The molecule has 4 rings (SSSR count). The van der Waals surface area contributed by atoms with Crippen LogP contribution in [0.4, 0.5) is 38.1 Å². The van der Waals surface area contributed by atoms with E-state index < -0.39 is 71.8 Å². The summed E-state index contributed by atoms with van der Waals surface area (Å²) in [5.41, 5.74) is -0.881. The number of hydrogen-bond acceptors (Lipinski definition) is 7. The van der Waals surface area contributed by atoms with Crippen molar-refractivity contribution in [1.82, 2.24) is 20.4 Å². The zero-order chi connectivity index (χ0) is 36.1. The Balaban J connectivity index is 1.32. The number of hydrogen-bond donors (Lipinski definition) is 3. The number of nitrogens with one attached hydrogen (secondary N) is 3. The van der Waals surface area contributed by atoms with E-state index in [1.807, 2.05) is 4.90 Å². The highest BCUT2D eigenvalue weighted by Crippen LogP contribution is 2.31. The molecule has 2 aliphatic rings. The van der Waals surface area contributed by atoms with Crippen molar-refractivity contribution in [3.63, 3.8) is 0 Å². The molecule has 0 unspecified atom stereocenters. The summed E-state index contributed by atoms with van der Waals surface area (Å²) in [6.07, 6.45) is -5.68. The van der Waals surface area contributed by atoms with Gasteiger partial charge in [-0.15, -0.1) is 0 Å². The second-order valence-corrected chi connectivity index (χ2v) is 13.2. The summed E-state index contributed by atoms with van der Waals surface area (Å²) >= 11 is 6.18. The third-order valence-corrected chi connectivity index (χ3v) is 8.07. The number of alkyl halides is 3. The number of halogens is 6. The van der Waals surface area contributed by atoms with Crippen LogP contribution in [0.2, 0.25) is 5.02 Å². The number of likely N-dealkylation sites (tertiary alicyclic amines) is 1. The second-order valence-electron chi connectivity index (χ2n) is 12.7. The normalized spacial score (nSPS) is 17.2. The number of nitrogens with zero attached hydrogens (tertiary/aromatic N) is 3. The Morgan fingerprint density at radius 2 is 1.67 bits per heavy atom. The van der Waals surface area contributed by atoms with Crippen LogP contribution in [0.5, 0.6) is 0 Å². The molecular formula is C32H38ClF5N6O5.